The largest absolute Gasteiger partial charge is 0.466 e. The first kappa shape index (κ1) is 20.2. The number of esters is 1. The average Bonchev–Trinajstić information content (AvgIpc) is 2.62. The second kappa shape index (κ2) is 11.5. The van der Waals surface area contributed by atoms with E-state index in [0.29, 0.717) is 13.2 Å². The molecule has 0 aromatic heterocycles. The molecule has 1 aliphatic rings. The Balaban J connectivity index is 2.05. The molecule has 0 aliphatic heterocycles. The Morgan fingerprint density at radius 2 is 1.73 bits per heavy atom. The van der Waals surface area contributed by atoms with Crippen LogP contribution in [-0.4, -0.2) is 36.0 Å². The van der Waals surface area contributed by atoms with Crippen LogP contribution in [0, 0.1) is 0 Å². The number of amides is 1. The number of rotatable bonds is 7. The topological polar surface area (TPSA) is 46.6 Å². The Bertz CT molecular complexity index is 574. The van der Waals surface area contributed by atoms with E-state index in [1.54, 1.807) is 13.0 Å². The molecular formula is C22H31NO3. The minimum absolute atomic E-state index is 0.0104. The first-order valence-electron chi connectivity index (χ1n) is 9.90. The van der Waals surface area contributed by atoms with Crippen molar-refractivity contribution in [2.24, 2.45) is 0 Å². The van der Waals surface area contributed by atoms with Crippen molar-refractivity contribution in [2.45, 2.75) is 64.3 Å². The van der Waals surface area contributed by atoms with E-state index in [9.17, 15) is 9.59 Å². The number of ether oxygens (including phenoxy) is 1. The number of benzene rings is 1. The molecule has 0 radical (unpaired) electrons. The molecule has 1 amide bonds. The van der Waals surface area contributed by atoms with Gasteiger partial charge in [-0.15, -0.1) is 0 Å². The lowest BCUT2D eigenvalue weighted by molar-refractivity contribution is -0.144. The van der Waals surface area contributed by atoms with Crippen molar-refractivity contribution < 1.29 is 14.3 Å². The van der Waals surface area contributed by atoms with E-state index < -0.39 is 0 Å². The molecule has 1 aromatic rings. The monoisotopic (exact) mass is 357 g/mol. The van der Waals surface area contributed by atoms with Crippen LogP contribution in [0.5, 0.6) is 0 Å². The summed E-state index contributed by atoms with van der Waals surface area (Å²) in [7, 11) is 0. The molecule has 26 heavy (non-hydrogen) atoms. The summed E-state index contributed by atoms with van der Waals surface area (Å²) in [6, 6.07) is 10.0. The summed E-state index contributed by atoms with van der Waals surface area (Å²) < 4.78 is 5.04. The molecule has 1 aliphatic carbocycles. The molecule has 0 heterocycles. The normalized spacial score (nSPS) is 16.0. The summed E-state index contributed by atoms with van der Waals surface area (Å²) in [4.78, 5) is 26.5. The van der Waals surface area contributed by atoms with Crippen molar-refractivity contribution in [3.8, 4) is 0 Å². The summed E-state index contributed by atoms with van der Waals surface area (Å²) in [6.45, 7) is 2.61. The van der Waals surface area contributed by atoms with Crippen LogP contribution in [-0.2, 0) is 14.3 Å². The van der Waals surface area contributed by atoms with E-state index >= 15 is 0 Å². The van der Waals surface area contributed by atoms with Gasteiger partial charge in [0.15, 0.2) is 0 Å². The minimum Gasteiger partial charge on any atom is -0.466 e. The number of nitrogens with zero attached hydrogens (tertiary/aromatic N) is 1. The molecule has 4 heteroatoms. The lowest BCUT2D eigenvalue weighted by atomic mass is 9.95. The highest BCUT2D eigenvalue weighted by Crippen LogP contribution is 2.22. The van der Waals surface area contributed by atoms with Gasteiger partial charge in [0.2, 0.25) is 5.91 Å². The van der Waals surface area contributed by atoms with Crippen molar-refractivity contribution in [3.63, 3.8) is 0 Å². The van der Waals surface area contributed by atoms with Crippen LogP contribution < -0.4 is 0 Å². The maximum Gasteiger partial charge on any atom is 0.307 e. The van der Waals surface area contributed by atoms with E-state index in [1.807, 2.05) is 41.3 Å². The fraction of sp³-hybridized carbons (Fsp3) is 0.545. The van der Waals surface area contributed by atoms with Crippen LogP contribution in [0.2, 0.25) is 0 Å². The van der Waals surface area contributed by atoms with Gasteiger partial charge in [-0.3, -0.25) is 9.59 Å². The Hall–Kier alpha value is -2.10. The first-order chi connectivity index (χ1) is 12.7. The Morgan fingerprint density at radius 3 is 2.38 bits per heavy atom. The summed E-state index contributed by atoms with van der Waals surface area (Å²) >= 11 is 0. The van der Waals surface area contributed by atoms with E-state index in [-0.39, 0.29) is 24.3 Å². The lowest BCUT2D eigenvalue weighted by Crippen LogP contribution is -2.41. The molecule has 142 valence electrons. The van der Waals surface area contributed by atoms with Gasteiger partial charge in [0.05, 0.1) is 13.0 Å². The molecule has 0 spiro atoms. The van der Waals surface area contributed by atoms with Crippen LogP contribution >= 0.6 is 0 Å². The number of carbonyl (C=O) groups is 2. The number of carbonyl (C=O) groups excluding carboxylic acids is 2. The molecule has 0 saturated heterocycles. The smallest absolute Gasteiger partial charge is 0.307 e. The van der Waals surface area contributed by atoms with Gasteiger partial charge in [0.1, 0.15) is 0 Å². The molecule has 1 aromatic carbocycles. The zero-order valence-corrected chi connectivity index (χ0v) is 15.9. The average molecular weight is 357 g/mol. The van der Waals surface area contributed by atoms with Crippen LogP contribution in [0.3, 0.4) is 0 Å². The molecule has 1 saturated carbocycles. The quantitative estimate of drug-likeness (QED) is 0.529. The van der Waals surface area contributed by atoms with Crippen molar-refractivity contribution in [1.29, 1.82) is 0 Å². The van der Waals surface area contributed by atoms with Crippen LogP contribution in [0.15, 0.2) is 36.4 Å². The highest BCUT2D eigenvalue weighted by Gasteiger charge is 2.23. The zero-order chi connectivity index (χ0) is 18.6. The molecule has 0 unspecified atom stereocenters. The maximum absolute atomic E-state index is 12.9. The molecule has 1 fully saturated rings. The van der Waals surface area contributed by atoms with Crippen LogP contribution in [0.4, 0.5) is 0 Å². The Labute approximate surface area is 157 Å². The molecule has 4 nitrogen and oxygen atoms in total. The SMILES string of the molecule is CCOC(=O)CCN(C(=O)/C=C/c1ccccc1)C1CCCCCCC1. The zero-order valence-electron chi connectivity index (χ0n) is 15.9. The second-order valence-electron chi connectivity index (χ2n) is 6.83. The van der Waals surface area contributed by atoms with E-state index in [1.165, 1.54) is 19.3 Å². The van der Waals surface area contributed by atoms with Gasteiger partial charge in [-0.05, 0) is 31.4 Å². The summed E-state index contributed by atoms with van der Waals surface area (Å²) in [5.74, 6) is -0.244. The van der Waals surface area contributed by atoms with Gasteiger partial charge >= 0.3 is 5.97 Å². The molecule has 0 bridgehead atoms. The third kappa shape index (κ3) is 7.03. The highest BCUT2D eigenvalue weighted by atomic mass is 16.5. The Morgan fingerprint density at radius 1 is 1.08 bits per heavy atom. The number of hydrogen-bond acceptors (Lipinski definition) is 3. The minimum atomic E-state index is -0.233. The van der Waals surface area contributed by atoms with Gasteiger partial charge in [-0.25, -0.2) is 0 Å². The maximum atomic E-state index is 12.9. The van der Waals surface area contributed by atoms with Gasteiger partial charge in [0, 0.05) is 18.7 Å². The van der Waals surface area contributed by atoms with Gasteiger partial charge in [-0.2, -0.15) is 0 Å². The van der Waals surface area contributed by atoms with Crippen molar-refractivity contribution in [1.82, 2.24) is 4.90 Å². The highest BCUT2D eigenvalue weighted by molar-refractivity contribution is 5.92. The Kier molecular flexibility index (Phi) is 8.94. The summed E-state index contributed by atoms with van der Waals surface area (Å²) in [6.07, 6.45) is 11.8. The third-order valence-corrected chi connectivity index (χ3v) is 4.88. The first-order valence-corrected chi connectivity index (χ1v) is 9.90. The number of hydrogen-bond donors (Lipinski definition) is 0. The molecule has 2 rings (SSSR count). The molecule has 0 N–H and O–H groups in total. The third-order valence-electron chi connectivity index (χ3n) is 4.88. The van der Waals surface area contributed by atoms with Crippen molar-refractivity contribution >= 4 is 18.0 Å². The lowest BCUT2D eigenvalue weighted by Gasteiger charge is -2.32. The van der Waals surface area contributed by atoms with E-state index in [2.05, 4.69) is 0 Å². The fourth-order valence-electron chi connectivity index (χ4n) is 3.49. The summed E-state index contributed by atoms with van der Waals surface area (Å²) in [5, 5.41) is 0. The molecule has 0 atom stereocenters. The summed E-state index contributed by atoms with van der Waals surface area (Å²) in [5.41, 5.74) is 1.00. The van der Waals surface area contributed by atoms with Gasteiger partial charge in [0.25, 0.3) is 0 Å². The predicted octanol–water partition coefficient (Wildman–Crippen LogP) is 4.59. The second-order valence-corrected chi connectivity index (χ2v) is 6.83. The van der Waals surface area contributed by atoms with E-state index in [4.69, 9.17) is 4.74 Å². The fourth-order valence-corrected chi connectivity index (χ4v) is 3.49. The van der Waals surface area contributed by atoms with Gasteiger partial charge < -0.3 is 9.64 Å². The standard InChI is InChI=1S/C22H31NO3/c1-2-26-22(25)17-18-23(20-13-9-4-3-5-10-14-20)21(24)16-15-19-11-7-6-8-12-19/h6-8,11-12,15-16,20H,2-5,9-10,13-14,17-18H2,1H3/b16-15+. The van der Waals surface area contributed by atoms with E-state index in [0.717, 1.165) is 31.2 Å². The van der Waals surface area contributed by atoms with Crippen molar-refractivity contribution in [3.05, 3.63) is 42.0 Å². The van der Waals surface area contributed by atoms with Gasteiger partial charge in [-0.1, -0.05) is 62.4 Å². The van der Waals surface area contributed by atoms with Crippen molar-refractivity contribution in [2.75, 3.05) is 13.2 Å². The van der Waals surface area contributed by atoms with Crippen LogP contribution in [0.25, 0.3) is 6.08 Å². The predicted molar refractivity (Wildman–Crippen MR) is 105 cm³/mol. The van der Waals surface area contributed by atoms with Crippen LogP contribution in [0.1, 0.15) is 63.9 Å². The molecular weight excluding hydrogens is 326 g/mol.